The van der Waals surface area contributed by atoms with E-state index >= 15 is 0 Å². The van der Waals surface area contributed by atoms with Crippen molar-refractivity contribution in [3.05, 3.63) is 0 Å². The number of ether oxygens (including phenoxy) is 1. The van der Waals surface area contributed by atoms with Crippen molar-refractivity contribution in [1.82, 2.24) is 0 Å². The van der Waals surface area contributed by atoms with Crippen LogP contribution in [-0.2, 0) is 9.53 Å². The van der Waals surface area contributed by atoms with E-state index in [1.165, 1.54) is 51.4 Å². The Morgan fingerprint density at radius 3 is 2.45 bits per heavy atom. The lowest BCUT2D eigenvalue weighted by atomic mass is 9.60. The van der Waals surface area contributed by atoms with E-state index in [-0.39, 0.29) is 11.5 Å². The summed E-state index contributed by atoms with van der Waals surface area (Å²) in [6, 6.07) is 0. The van der Waals surface area contributed by atoms with Gasteiger partial charge in [-0.15, -0.1) is 0 Å². The summed E-state index contributed by atoms with van der Waals surface area (Å²) < 4.78 is 6.26. The van der Waals surface area contributed by atoms with E-state index in [2.05, 4.69) is 13.8 Å². The summed E-state index contributed by atoms with van der Waals surface area (Å²) in [5.41, 5.74) is -0.0752. The standard InChI is InChI=1S/C18H32O2/c1-3-4-5-8-11-15(2)20-17-14-16(19)18(17)12-9-6-7-10-13-18/h15,17H,3-14H2,1-2H3. The molecular weight excluding hydrogens is 248 g/mol. The molecule has 2 aliphatic carbocycles. The predicted molar refractivity (Wildman–Crippen MR) is 82.9 cm³/mol. The van der Waals surface area contributed by atoms with Crippen LogP contribution in [0.15, 0.2) is 0 Å². The molecule has 0 amide bonds. The number of ketones is 1. The van der Waals surface area contributed by atoms with Crippen molar-refractivity contribution in [2.75, 3.05) is 0 Å². The summed E-state index contributed by atoms with van der Waals surface area (Å²) in [5, 5.41) is 0. The largest absolute Gasteiger partial charge is 0.374 e. The second kappa shape index (κ2) is 7.59. The fourth-order valence-electron chi connectivity index (χ4n) is 3.96. The van der Waals surface area contributed by atoms with Gasteiger partial charge in [0.25, 0.3) is 0 Å². The van der Waals surface area contributed by atoms with Crippen LogP contribution in [-0.4, -0.2) is 18.0 Å². The Morgan fingerprint density at radius 1 is 1.15 bits per heavy atom. The minimum atomic E-state index is -0.0752. The molecule has 2 fully saturated rings. The van der Waals surface area contributed by atoms with E-state index in [0.717, 1.165) is 19.3 Å². The molecule has 2 aliphatic rings. The monoisotopic (exact) mass is 280 g/mol. The Balaban J connectivity index is 1.78. The highest BCUT2D eigenvalue weighted by Crippen LogP contribution is 2.50. The normalized spacial score (nSPS) is 27.1. The summed E-state index contributed by atoms with van der Waals surface area (Å²) in [4.78, 5) is 12.2. The molecule has 2 heteroatoms. The minimum absolute atomic E-state index is 0.0752. The highest BCUT2D eigenvalue weighted by molar-refractivity contribution is 5.92. The highest BCUT2D eigenvalue weighted by atomic mass is 16.5. The fraction of sp³-hybridized carbons (Fsp3) is 0.944. The number of carbonyl (C=O) groups excluding carboxylic acids is 1. The van der Waals surface area contributed by atoms with Crippen LogP contribution >= 0.6 is 0 Å². The van der Waals surface area contributed by atoms with Crippen LogP contribution in [0.25, 0.3) is 0 Å². The molecule has 0 bridgehead atoms. The van der Waals surface area contributed by atoms with Gasteiger partial charge in [-0.1, -0.05) is 58.3 Å². The summed E-state index contributed by atoms with van der Waals surface area (Å²) >= 11 is 0. The third-order valence-electron chi connectivity index (χ3n) is 5.40. The average Bonchev–Trinajstić information content (AvgIpc) is 2.71. The minimum Gasteiger partial charge on any atom is -0.374 e. The molecule has 0 aromatic carbocycles. The molecule has 2 atom stereocenters. The Morgan fingerprint density at radius 2 is 1.85 bits per heavy atom. The van der Waals surface area contributed by atoms with E-state index in [4.69, 9.17) is 4.74 Å². The summed E-state index contributed by atoms with van der Waals surface area (Å²) in [5.74, 6) is 0.489. The number of unbranched alkanes of at least 4 members (excludes halogenated alkanes) is 3. The van der Waals surface area contributed by atoms with E-state index in [1.807, 2.05) is 0 Å². The Labute approximate surface area is 124 Å². The lowest BCUT2D eigenvalue weighted by molar-refractivity contribution is -0.173. The maximum absolute atomic E-state index is 12.2. The molecule has 0 aromatic rings. The van der Waals surface area contributed by atoms with Gasteiger partial charge in [0.15, 0.2) is 0 Å². The van der Waals surface area contributed by atoms with Crippen molar-refractivity contribution in [3.63, 3.8) is 0 Å². The highest BCUT2D eigenvalue weighted by Gasteiger charge is 2.55. The molecule has 1 spiro atoms. The molecule has 0 radical (unpaired) electrons. The number of Topliss-reactive ketones (excluding diaryl/α,β-unsaturated/α-hetero) is 1. The first kappa shape index (κ1) is 16.0. The summed E-state index contributed by atoms with van der Waals surface area (Å²) in [7, 11) is 0. The lowest BCUT2D eigenvalue weighted by Crippen LogP contribution is -2.55. The first-order valence-corrected chi connectivity index (χ1v) is 8.88. The molecule has 2 unspecified atom stereocenters. The first-order chi connectivity index (χ1) is 9.69. The lowest BCUT2D eigenvalue weighted by Gasteiger charge is -2.48. The topological polar surface area (TPSA) is 26.3 Å². The van der Waals surface area contributed by atoms with Gasteiger partial charge >= 0.3 is 0 Å². The van der Waals surface area contributed by atoms with Crippen LogP contribution in [0, 0.1) is 5.41 Å². The zero-order valence-corrected chi connectivity index (χ0v) is 13.5. The Hall–Kier alpha value is -0.370. The summed E-state index contributed by atoms with van der Waals surface area (Å²) in [6.07, 6.45) is 14.8. The molecule has 0 N–H and O–H groups in total. The second-order valence-electron chi connectivity index (χ2n) is 6.98. The third-order valence-corrected chi connectivity index (χ3v) is 5.40. The molecule has 116 valence electrons. The number of carbonyl (C=O) groups is 1. The van der Waals surface area contributed by atoms with Gasteiger partial charge in [0.05, 0.1) is 17.6 Å². The molecule has 0 aliphatic heterocycles. The van der Waals surface area contributed by atoms with Crippen LogP contribution in [0.4, 0.5) is 0 Å². The number of hydrogen-bond donors (Lipinski definition) is 0. The molecule has 2 nitrogen and oxygen atoms in total. The van der Waals surface area contributed by atoms with E-state index in [1.54, 1.807) is 0 Å². The van der Waals surface area contributed by atoms with Crippen molar-refractivity contribution in [2.24, 2.45) is 5.41 Å². The van der Waals surface area contributed by atoms with Gasteiger partial charge in [-0.2, -0.15) is 0 Å². The van der Waals surface area contributed by atoms with E-state index in [9.17, 15) is 4.79 Å². The Bertz CT molecular complexity index is 303. The Kier molecular flexibility index (Phi) is 6.07. The average molecular weight is 280 g/mol. The number of hydrogen-bond acceptors (Lipinski definition) is 2. The SMILES string of the molecule is CCCCCCC(C)OC1CC(=O)C12CCCCCC2. The van der Waals surface area contributed by atoms with Gasteiger partial charge in [0.2, 0.25) is 0 Å². The quantitative estimate of drug-likeness (QED) is 0.610. The van der Waals surface area contributed by atoms with Crippen molar-refractivity contribution in [2.45, 2.75) is 103 Å². The van der Waals surface area contributed by atoms with Gasteiger partial charge in [-0.25, -0.2) is 0 Å². The zero-order valence-electron chi connectivity index (χ0n) is 13.5. The van der Waals surface area contributed by atoms with Gasteiger partial charge < -0.3 is 4.74 Å². The van der Waals surface area contributed by atoms with Crippen LogP contribution in [0.5, 0.6) is 0 Å². The first-order valence-electron chi connectivity index (χ1n) is 8.88. The van der Waals surface area contributed by atoms with Crippen LogP contribution in [0.1, 0.15) is 90.9 Å². The van der Waals surface area contributed by atoms with Crippen molar-refractivity contribution >= 4 is 5.78 Å². The fourth-order valence-corrected chi connectivity index (χ4v) is 3.96. The molecular formula is C18H32O2. The van der Waals surface area contributed by atoms with Crippen molar-refractivity contribution < 1.29 is 9.53 Å². The van der Waals surface area contributed by atoms with Crippen LogP contribution in [0.2, 0.25) is 0 Å². The van der Waals surface area contributed by atoms with E-state index in [0.29, 0.717) is 18.3 Å². The van der Waals surface area contributed by atoms with Crippen molar-refractivity contribution in [3.8, 4) is 0 Å². The van der Waals surface area contributed by atoms with Crippen LogP contribution in [0.3, 0.4) is 0 Å². The molecule has 20 heavy (non-hydrogen) atoms. The molecule has 0 heterocycles. The van der Waals surface area contributed by atoms with Crippen molar-refractivity contribution in [1.29, 1.82) is 0 Å². The van der Waals surface area contributed by atoms with Gasteiger partial charge in [-0.3, -0.25) is 4.79 Å². The summed E-state index contributed by atoms with van der Waals surface area (Å²) in [6.45, 7) is 4.44. The van der Waals surface area contributed by atoms with Crippen LogP contribution < -0.4 is 0 Å². The van der Waals surface area contributed by atoms with E-state index < -0.39 is 0 Å². The smallest absolute Gasteiger partial charge is 0.144 e. The molecule has 2 saturated carbocycles. The molecule has 0 saturated heterocycles. The second-order valence-corrected chi connectivity index (χ2v) is 6.98. The zero-order chi connectivity index (χ0) is 14.4. The maximum atomic E-state index is 12.2. The van der Waals surface area contributed by atoms with Gasteiger partial charge in [-0.05, 0) is 26.2 Å². The van der Waals surface area contributed by atoms with Gasteiger partial charge in [0, 0.05) is 6.42 Å². The third kappa shape index (κ3) is 3.63. The predicted octanol–water partition coefficient (Wildman–Crippen LogP) is 5.04. The number of rotatable bonds is 7. The maximum Gasteiger partial charge on any atom is 0.144 e. The van der Waals surface area contributed by atoms with Gasteiger partial charge in [0.1, 0.15) is 5.78 Å². The molecule has 2 rings (SSSR count). The molecule has 0 aromatic heterocycles.